The second kappa shape index (κ2) is 5.00. The van der Waals surface area contributed by atoms with Crippen molar-refractivity contribution in [2.45, 2.75) is 45.6 Å². The molecule has 1 aliphatic carbocycles. The molecule has 18 heavy (non-hydrogen) atoms. The van der Waals surface area contributed by atoms with E-state index in [1.165, 1.54) is 20.0 Å². The number of methoxy groups -OCH3 is 1. The fourth-order valence-corrected chi connectivity index (χ4v) is 2.87. The van der Waals surface area contributed by atoms with Crippen molar-refractivity contribution in [3.8, 4) is 0 Å². The van der Waals surface area contributed by atoms with Crippen molar-refractivity contribution in [3.63, 3.8) is 0 Å². The smallest absolute Gasteiger partial charge is 0.360 e. The monoisotopic (exact) mass is 251 g/mol. The highest BCUT2D eigenvalue weighted by Crippen LogP contribution is 2.38. The summed E-state index contributed by atoms with van der Waals surface area (Å²) >= 11 is 0. The molecule has 0 aliphatic heterocycles. The predicted molar refractivity (Wildman–Crippen MR) is 69.4 cm³/mol. The van der Waals surface area contributed by atoms with Crippen molar-refractivity contribution in [1.29, 1.82) is 0 Å². The first-order valence-electron chi connectivity index (χ1n) is 6.55. The summed E-state index contributed by atoms with van der Waals surface area (Å²) in [6.45, 7) is 4.26. The molecule has 1 heterocycles. The minimum atomic E-state index is -0.452. The molecule has 0 saturated heterocycles. The predicted octanol–water partition coefficient (Wildman–Crippen LogP) is 2.18. The molecule has 1 aliphatic rings. The summed E-state index contributed by atoms with van der Waals surface area (Å²) in [6, 6.07) is 0.367. The third-order valence-electron chi connectivity index (χ3n) is 3.86. The highest BCUT2D eigenvalue weighted by molar-refractivity contribution is 5.92. The second-order valence-electron chi connectivity index (χ2n) is 4.95. The molecule has 1 aromatic heterocycles. The van der Waals surface area contributed by atoms with Gasteiger partial charge in [-0.25, -0.2) is 9.78 Å². The molecule has 1 fully saturated rings. The van der Waals surface area contributed by atoms with Crippen molar-refractivity contribution in [1.82, 2.24) is 9.55 Å². The number of carbonyl (C=O) groups is 1. The minimum Gasteiger partial charge on any atom is -0.464 e. The molecular formula is C13H21N3O2. The number of esters is 1. The molecule has 0 aromatic carbocycles. The third-order valence-corrected chi connectivity index (χ3v) is 3.86. The number of nitrogen functional groups attached to an aromatic ring is 1. The summed E-state index contributed by atoms with van der Waals surface area (Å²) in [5, 5.41) is 0. The maximum atomic E-state index is 11.6. The van der Waals surface area contributed by atoms with Crippen molar-refractivity contribution in [2.75, 3.05) is 12.8 Å². The zero-order valence-corrected chi connectivity index (χ0v) is 11.3. The van der Waals surface area contributed by atoms with Gasteiger partial charge in [-0.1, -0.05) is 20.3 Å². The van der Waals surface area contributed by atoms with Crippen LogP contribution in [0.25, 0.3) is 0 Å². The van der Waals surface area contributed by atoms with Crippen LogP contribution in [0.2, 0.25) is 0 Å². The van der Waals surface area contributed by atoms with Crippen molar-refractivity contribution >= 4 is 11.8 Å². The van der Waals surface area contributed by atoms with Gasteiger partial charge in [-0.05, 0) is 18.8 Å². The highest BCUT2D eigenvalue weighted by atomic mass is 16.5. The Morgan fingerprint density at radius 3 is 2.78 bits per heavy atom. The van der Waals surface area contributed by atoms with Crippen LogP contribution >= 0.6 is 0 Å². The Bertz CT molecular complexity index is 453. The van der Waals surface area contributed by atoms with Gasteiger partial charge in [-0.15, -0.1) is 0 Å². The summed E-state index contributed by atoms with van der Waals surface area (Å²) in [5.74, 6) is 1.47. The van der Waals surface area contributed by atoms with E-state index in [1.54, 1.807) is 0 Å². The van der Waals surface area contributed by atoms with Crippen LogP contribution in [-0.2, 0) is 11.2 Å². The summed E-state index contributed by atoms with van der Waals surface area (Å²) in [4.78, 5) is 16.0. The molecule has 1 saturated carbocycles. The number of anilines is 1. The van der Waals surface area contributed by atoms with Crippen molar-refractivity contribution in [2.24, 2.45) is 5.92 Å². The number of aryl methyl sites for hydroxylation is 1. The highest BCUT2D eigenvalue weighted by Gasteiger charge is 2.30. The standard InChI is InChI=1S/C13H21N3O2/c1-4-10-15-11(13(17)18-3)12(14)16(10)9-7-5-6-8(9)2/h8-9H,4-7,14H2,1-3H3. The number of hydrogen-bond donors (Lipinski definition) is 1. The zero-order chi connectivity index (χ0) is 13.3. The molecule has 5 nitrogen and oxygen atoms in total. The van der Waals surface area contributed by atoms with Gasteiger partial charge >= 0.3 is 5.97 Å². The lowest BCUT2D eigenvalue weighted by Gasteiger charge is -2.21. The zero-order valence-electron chi connectivity index (χ0n) is 11.3. The van der Waals surface area contributed by atoms with Gasteiger partial charge in [0.05, 0.1) is 7.11 Å². The van der Waals surface area contributed by atoms with E-state index >= 15 is 0 Å². The number of nitrogens with two attached hydrogens (primary N) is 1. The molecule has 2 atom stereocenters. The molecule has 2 rings (SSSR count). The second-order valence-corrected chi connectivity index (χ2v) is 4.95. The fraction of sp³-hybridized carbons (Fsp3) is 0.692. The van der Waals surface area contributed by atoms with Crippen LogP contribution in [-0.4, -0.2) is 22.6 Å². The first kappa shape index (κ1) is 12.9. The summed E-state index contributed by atoms with van der Waals surface area (Å²) in [6.07, 6.45) is 4.29. The van der Waals surface area contributed by atoms with E-state index in [9.17, 15) is 4.79 Å². The molecule has 2 unspecified atom stereocenters. The summed E-state index contributed by atoms with van der Waals surface area (Å²) in [5.41, 5.74) is 6.36. The Morgan fingerprint density at radius 1 is 1.56 bits per heavy atom. The van der Waals surface area contributed by atoms with Crippen LogP contribution in [0.15, 0.2) is 0 Å². The largest absolute Gasteiger partial charge is 0.464 e. The van der Waals surface area contributed by atoms with Gasteiger partial charge in [0.1, 0.15) is 11.6 Å². The van der Waals surface area contributed by atoms with Crippen LogP contribution in [0.1, 0.15) is 55.5 Å². The third kappa shape index (κ3) is 1.98. The molecule has 0 bridgehead atoms. The Hall–Kier alpha value is -1.52. The lowest BCUT2D eigenvalue weighted by atomic mass is 10.1. The quantitative estimate of drug-likeness (QED) is 0.836. The van der Waals surface area contributed by atoms with Gasteiger partial charge in [-0.2, -0.15) is 0 Å². The van der Waals surface area contributed by atoms with Gasteiger partial charge in [0.25, 0.3) is 0 Å². The van der Waals surface area contributed by atoms with E-state index in [4.69, 9.17) is 10.5 Å². The van der Waals surface area contributed by atoms with Gasteiger partial charge < -0.3 is 15.0 Å². The fourth-order valence-electron chi connectivity index (χ4n) is 2.87. The van der Waals surface area contributed by atoms with Crippen LogP contribution < -0.4 is 5.73 Å². The maximum absolute atomic E-state index is 11.6. The lowest BCUT2D eigenvalue weighted by Crippen LogP contribution is -2.17. The van der Waals surface area contributed by atoms with Crippen LogP contribution in [0, 0.1) is 5.92 Å². The van der Waals surface area contributed by atoms with E-state index in [-0.39, 0.29) is 5.69 Å². The number of imidazole rings is 1. The van der Waals surface area contributed by atoms with Crippen LogP contribution in [0.3, 0.4) is 0 Å². The number of hydrogen-bond acceptors (Lipinski definition) is 4. The van der Waals surface area contributed by atoms with E-state index in [0.29, 0.717) is 17.8 Å². The first-order valence-corrected chi connectivity index (χ1v) is 6.55. The molecule has 0 amide bonds. The van der Waals surface area contributed by atoms with Crippen molar-refractivity contribution in [3.05, 3.63) is 11.5 Å². The average molecular weight is 251 g/mol. The van der Waals surface area contributed by atoms with E-state index in [2.05, 4.69) is 11.9 Å². The number of ether oxygens (including phenoxy) is 1. The van der Waals surface area contributed by atoms with Gasteiger partial charge in [0, 0.05) is 12.5 Å². The topological polar surface area (TPSA) is 70.1 Å². The molecule has 5 heteroatoms. The Morgan fingerprint density at radius 2 is 2.28 bits per heavy atom. The number of rotatable bonds is 3. The molecule has 0 spiro atoms. The number of nitrogens with zero attached hydrogens (tertiary/aromatic N) is 2. The molecular weight excluding hydrogens is 230 g/mol. The first-order chi connectivity index (χ1) is 8.60. The van der Waals surface area contributed by atoms with E-state index < -0.39 is 5.97 Å². The molecule has 1 aromatic rings. The van der Waals surface area contributed by atoms with Crippen LogP contribution in [0.4, 0.5) is 5.82 Å². The number of carbonyl (C=O) groups excluding carboxylic acids is 1. The SMILES string of the molecule is CCc1nc(C(=O)OC)c(N)n1C1CCCC1C. The van der Waals surface area contributed by atoms with E-state index in [0.717, 1.165) is 18.7 Å². The Kier molecular flexibility index (Phi) is 3.59. The Labute approximate surface area is 107 Å². The number of aromatic nitrogens is 2. The van der Waals surface area contributed by atoms with Crippen molar-refractivity contribution < 1.29 is 9.53 Å². The summed E-state index contributed by atoms with van der Waals surface area (Å²) in [7, 11) is 1.35. The lowest BCUT2D eigenvalue weighted by molar-refractivity contribution is 0.0595. The van der Waals surface area contributed by atoms with E-state index in [1.807, 2.05) is 11.5 Å². The maximum Gasteiger partial charge on any atom is 0.360 e. The summed E-state index contributed by atoms with van der Waals surface area (Å²) < 4.78 is 6.77. The molecule has 0 radical (unpaired) electrons. The van der Waals surface area contributed by atoms with Gasteiger partial charge in [-0.3, -0.25) is 0 Å². The minimum absolute atomic E-state index is 0.258. The van der Waals surface area contributed by atoms with Gasteiger partial charge in [0.2, 0.25) is 0 Å². The molecule has 100 valence electrons. The average Bonchev–Trinajstić information content (AvgIpc) is 2.91. The Balaban J connectivity index is 2.45. The van der Waals surface area contributed by atoms with Gasteiger partial charge in [0.15, 0.2) is 5.69 Å². The molecule has 2 N–H and O–H groups in total. The van der Waals surface area contributed by atoms with Crippen LogP contribution in [0.5, 0.6) is 0 Å². The normalized spacial score (nSPS) is 23.3.